The van der Waals surface area contributed by atoms with Crippen molar-refractivity contribution in [3.8, 4) is 0 Å². The molecule has 0 atom stereocenters. The number of benzene rings is 3. The van der Waals surface area contributed by atoms with Gasteiger partial charge in [-0.2, -0.15) is 0 Å². The first-order valence-electron chi connectivity index (χ1n) is 10.4. The van der Waals surface area contributed by atoms with Gasteiger partial charge in [0.25, 0.3) is 0 Å². The summed E-state index contributed by atoms with van der Waals surface area (Å²) >= 11 is -0.342. The van der Waals surface area contributed by atoms with Gasteiger partial charge in [-0.05, 0) is 96.8 Å². The van der Waals surface area contributed by atoms with Gasteiger partial charge in [0, 0.05) is 7.14 Å². The van der Waals surface area contributed by atoms with Crippen molar-refractivity contribution >= 4 is 70.0 Å². The number of rotatable bonds is 3. The third-order valence-electron chi connectivity index (χ3n) is 4.18. The quantitative estimate of drug-likeness (QED) is 0.197. The van der Waals surface area contributed by atoms with Gasteiger partial charge >= 0.3 is 92.7 Å². The van der Waals surface area contributed by atoms with Crippen molar-refractivity contribution in [1.82, 2.24) is 0 Å². The van der Waals surface area contributed by atoms with Crippen molar-refractivity contribution in [1.29, 1.82) is 0 Å². The van der Waals surface area contributed by atoms with Crippen LogP contribution in [0.3, 0.4) is 0 Å². The molecule has 0 unspecified atom stereocenters. The van der Waals surface area contributed by atoms with Crippen molar-refractivity contribution in [3.63, 3.8) is 0 Å². The molecule has 3 aromatic rings. The van der Waals surface area contributed by atoms with Gasteiger partial charge in [-0.3, -0.25) is 3.07 Å². The summed E-state index contributed by atoms with van der Waals surface area (Å²) in [6.07, 6.45) is 0. The summed E-state index contributed by atoms with van der Waals surface area (Å²) < 4.78 is 19.3. The number of halogens is 3. The molecule has 3 rings (SSSR count). The normalized spacial score (nSPS) is 10.3. The molecule has 0 amide bonds. The Hall–Kier alpha value is -0.880. The summed E-state index contributed by atoms with van der Waals surface area (Å²) in [4.78, 5) is 12.9. The summed E-state index contributed by atoms with van der Waals surface area (Å²) in [6.45, 7) is 13.9. The summed E-state index contributed by atoms with van der Waals surface area (Å²) in [5, 5.41) is 0. The second-order valence-corrected chi connectivity index (χ2v) is 15.0. The fourth-order valence-electron chi connectivity index (χ4n) is 3.16. The molecule has 0 aliphatic heterocycles. The standard InChI is InChI=1S/C11H15IO2.C8H9IO.C8H9I/c1-8-5-9(2)7-11(6-8)12(4)14-10(3)13;1-6-3-7(2)5-8(4-6)9-10;1-6-3-7(2)5-8(9)4-6/h5-7H,1-4H3;3-5H,1-2H3;3-5H,1-2H3. The Balaban J connectivity index is 0.000000255. The van der Waals surface area contributed by atoms with Crippen LogP contribution in [0.15, 0.2) is 54.6 Å². The average Bonchev–Trinajstić information content (AvgIpc) is 2.65. The molecule has 0 aliphatic carbocycles. The number of alkyl halides is 1. The van der Waals surface area contributed by atoms with Gasteiger partial charge in [-0.1, -0.05) is 12.1 Å². The molecular weight excluding hydrogens is 753 g/mol. The summed E-state index contributed by atoms with van der Waals surface area (Å²) in [6, 6.07) is 18.9. The number of hydrogen-bond acceptors (Lipinski definition) is 3. The zero-order chi connectivity index (χ0) is 25.1. The number of hydrogen-bond donors (Lipinski definition) is 0. The van der Waals surface area contributed by atoms with E-state index >= 15 is 0 Å². The van der Waals surface area contributed by atoms with E-state index in [4.69, 9.17) is 3.07 Å². The summed E-state index contributed by atoms with van der Waals surface area (Å²) in [5.41, 5.74) is 7.56. The van der Waals surface area contributed by atoms with E-state index in [1.165, 1.54) is 47.4 Å². The molecule has 33 heavy (non-hydrogen) atoms. The van der Waals surface area contributed by atoms with Crippen LogP contribution in [0.5, 0.6) is 0 Å². The first kappa shape index (κ1) is 30.2. The first-order chi connectivity index (χ1) is 15.4. The number of aryl methyl sites for hydroxylation is 6. The van der Waals surface area contributed by atoms with Crippen LogP contribution in [0, 0.1) is 52.3 Å². The van der Waals surface area contributed by atoms with Gasteiger partial charge in [0.15, 0.2) is 21.2 Å². The number of carbonyl (C=O) groups is 1. The average molecular weight is 786 g/mol. The zero-order valence-electron chi connectivity index (χ0n) is 20.6. The first-order valence-corrected chi connectivity index (χ1v) is 17.5. The second-order valence-electron chi connectivity index (χ2n) is 7.98. The van der Waals surface area contributed by atoms with Gasteiger partial charge < -0.3 is 0 Å². The van der Waals surface area contributed by atoms with Crippen molar-refractivity contribution in [2.24, 2.45) is 0 Å². The predicted molar refractivity (Wildman–Crippen MR) is 164 cm³/mol. The third-order valence-corrected chi connectivity index (χ3v) is 9.59. The van der Waals surface area contributed by atoms with Crippen LogP contribution in [-0.4, -0.2) is 10.9 Å². The minimum Gasteiger partial charge on any atom is -0.265 e. The maximum atomic E-state index is 10.8. The molecule has 3 nitrogen and oxygen atoms in total. The maximum Gasteiger partial charge on any atom is 0.182 e. The third kappa shape index (κ3) is 13.0. The van der Waals surface area contributed by atoms with Crippen LogP contribution >= 0.6 is 64.0 Å². The van der Waals surface area contributed by atoms with E-state index in [1.54, 1.807) is 0 Å². The van der Waals surface area contributed by atoms with E-state index in [1.807, 2.05) is 30.9 Å². The monoisotopic (exact) mass is 786 g/mol. The minimum atomic E-state index is -1.70. The van der Waals surface area contributed by atoms with Gasteiger partial charge in [0.1, 0.15) is 0 Å². The van der Waals surface area contributed by atoms with Crippen LogP contribution in [0.2, 0.25) is 0 Å². The van der Waals surface area contributed by atoms with E-state index < -0.39 is 41.4 Å². The topological polar surface area (TPSA) is 43.4 Å². The fourth-order valence-corrected chi connectivity index (χ4v) is 8.43. The van der Waals surface area contributed by atoms with E-state index in [0.29, 0.717) is 0 Å². The number of carbonyl (C=O) groups excluding carboxylic acids is 1. The molecule has 0 aromatic heterocycles. The Morgan fingerprint density at radius 2 is 1.09 bits per heavy atom. The summed E-state index contributed by atoms with van der Waals surface area (Å²) in [5.74, 6) is -0.170. The van der Waals surface area contributed by atoms with Crippen LogP contribution in [0.4, 0.5) is 0 Å². The Morgan fingerprint density at radius 1 is 0.727 bits per heavy atom. The molecule has 6 heteroatoms. The molecule has 0 saturated carbocycles. The van der Waals surface area contributed by atoms with Gasteiger partial charge in [-0.15, -0.1) is 0 Å². The van der Waals surface area contributed by atoms with Crippen molar-refractivity contribution in [3.05, 3.63) is 98.7 Å². The Kier molecular flexibility index (Phi) is 13.9. The van der Waals surface area contributed by atoms with Crippen LogP contribution in [0.25, 0.3) is 0 Å². The SMILES string of the molecule is CC(=O)OI(C)c1cc(C)cc(C)c1.Cc1cc(C)cc(I)c1.Cc1cc(C)cc(I=O)c1. The van der Waals surface area contributed by atoms with E-state index in [0.717, 1.165) is 3.57 Å². The van der Waals surface area contributed by atoms with E-state index in [9.17, 15) is 7.86 Å². The largest absolute Gasteiger partial charge is 0.265 e. The van der Waals surface area contributed by atoms with Crippen LogP contribution in [-0.2, 0) is 10.9 Å². The molecule has 3 aromatic carbocycles. The molecule has 0 spiro atoms. The van der Waals surface area contributed by atoms with Gasteiger partial charge in [0.2, 0.25) is 0 Å². The predicted octanol–water partition coefficient (Wildman–Crippen LogP) is 8.78. The zero-order valence-corrected chi connectivity index (χ0v) is 27.0. The van der Waals surface area contributed by atoms with Gasteiger partial charge in [-0.25, -0.2) is 0 Å². The van der Waals surface area contributed by atoms with Crippen molar-refractivity contribution in [2.75, 3.05) is 4.93 Å². The molecule has 0 N–H and O–H groups in total. The van der Waals surface area contributed by atoms with E-state index in [2.05, 4.69) is 92.8 Å². The second kappa shape index (κ2) is 15.2. The smallest absolute Gasteiger partial charge is 0.182 e. The molecule has 0 heterocycles. The van der Waals surface area contributed by atoms with Crippen LogP contribution in [0.1, 0.15) is 40.3 Å². The van der Waals surface area contributed by atoms with Crippen LogP contribution < -0.4 is 0 Å². The molecule has 0 aliphatic rings. The molecular formula is C27H33I3O3. The maximum absolute atomic E-state index is 10.8. The Labute approximate surface area is 230 Å². The van der Waals surface area contributed by atoms with Gasteiger partial charge in [0.05, 0.1) is 0 Å². The van der Waals surface area contributed by atoms with Crippen molar-refractivity contribution < 1.29 is 10.9 Å². The van der Waals surface area contributed by atoms with E-state index in [-0.39, 0.29) is 5.97 Å². The van der Waals surface area contributed by atoms with Crippen molar-refractivity contribution in [2.45, 2.75) is 48.5 Å². The molecule has 0 fully saturated rings. The summed E-state index contributed by atoms with van der Waals surface area (Å²) in [7, 11) is 0. The molecule has 0 radical (unpaired) electrons. The molecule has 0 bridgehead atoms. The molecule has 180 valence electrons. The minimum absolute atomic E-state index is 0.170. The fraction of sp³-hybridized carbons (Fsp3) is 0.296. The Morgan fingerprint density at radius 3 is 1.42 bits per heavy atom. The molecule has 0 saturated heterocycles. The Bertz CT molecular complexity index is 1000.